The van der Waals surface area contributed by atoms with Crippen LogP contribution in [0.1, 0.15) is 41.0 Å². The minimum atomic E-state index is -0.397. The summed E-state index contributed by atoms with van der Waals surface area (Å²) in [5.74, 6) is 0.810. The van der Waals surface area contributed by atoms with E-state index >= 15 is 0 Å². The third-order valence-corrected chi connectivity index (χ3v) is 3.65. The van der Waals surface area contributed by atoms with E-state index in [9.17, 15) is 9.59 Å². The number of amides is 2. The largest absolute Gasteiger partial charge is 0.355 e. The van der Waals surface area contributed by atoms with Gasteiger partial charge < -0.3 is 10.2 Å². The van der Waals surface area contributed by atoms with E-state index in [0.29, 0.717) is 18.9 Å². The first-order valence-corrected chi connectivity index (χ1v) is 7.98. The fraction of sp³-hybridized carbons (Fsp3) is 0.875. The van der Waals surface area contributed by atoms with Crippen molar-refractivity contribution in [3.8, 4) is 0 Å². The molecule has 0 radical (unpaired) electrons. The third-order valence-electron chi connectivity index (χ3n) is 3.65. The zero-order valence-electron chi connectivity index (χ0n) is 14.2. The fourth-order valence-corrected chi connectivity index (χ4v) is 2.40. The van der Waals surface area contributed by atoms with Gasteiger partial charge in [0.2, 0.25) is 11.8 Å². The summed E-state index contributed by atoms with van der Waals surface area (Å²) in [5.41, 5.74) is -0.397. The van der Waals surface area contributed by atoms with Crippen molar-refractivity contribution in [1.29, 1.82) is 0 Å². The van der Waals surface area contributed by atoms with Crippen LogP contribution in [0.3, 0.4) is 0 Å². The van der Waals surface area contributed by atoms with E-state index in [2.05, 4.69) is 24.1 Å². The van der Waals surface area contributed by atoms with E-state index in [1.807, 2.05) is 25.7 Å². The van der Waals surface area contributed by atoms with Gasteiger partial charge in [-0.25, -0.2) is 0 Å². The number of hydrogen-bond acceptors (Lipinski definition) is 3. The highest BCUT2D eigenvalue weighted by Gasteiger charge is 2.23. The molecule has 1 aliphatic rings. The highest BCUT2D eigenvalue weighted by molar-refractivity contribution is 5.82. The molecule has 0 atom stereocenters. The van der Waals surface area contributed by atoms with E-state index in [1.54, 1.807) is 0 Å². The summed E-state index contributed by atoms with van der Waals surface area (Å²) in [6.07, 6.45) is 0.395. The van der Waals surface area contributed by atoms with Crippen molar-refractivity contribution >= 4 is 11.8 Å². The molecule has 0 aliphatic carbocycles. The summed E-state index contributed by atoms with van der Waals surface area (Å²) in [5, 5.41) is 2.83. The monoisotopic (exact) mass is 297 g/mol. The third kappa shape index (κ3) is 6.46. The lowest BCUT2D eigenvalue weighted by atomic mass is 9.96. The Balaban J connectivity index is 2.24. The van der Waals surface area contributed by atoms with E-state index in [-0.39, 0.29) is 11.8 Å². The molecule has 0 spiro atoms. The molecule has 1 rings (SSSR count). The van der Waals surface area contributed by atoms with Crippen LogP contribution in [0.25, 0.3) is 0 Å². The van der Waals surface area contributed by atoms with Crippen LogP contribution in [0.5, 0.6) is 0 Å². The van der Waals surface area contributed by atoms with Crippen molar-refractivity contribution in [1.82, 2.24) is 15.1 Å². The molecule has 1 fully saturated rings. The van der Waals surface area contributed by atoms with Crippen molar-refractivity contribution in [3.63, 3.8) is 0 Å². The lowest BCUT2D eigenvalue weighted by molar-refractivity contribution is -0.133. The molecular weight excluding hydrogens is 266 g/mol. The molecule has 21 heavy (non-hydrogen) atoms. The molecule has 0 unspecified atom stereocenters. The van der Waals surface area contributed by atoms with E-state index in [4.69, 9.17) is 0 Å². The van der Waals surface area contributed by atoms with Gasteiger partial charge >= 0.3 is 0 Å². The first-order chi connectivity index (χ1) is 9.70. The SMILES string of the molecule is CC(C)CN1CCN(C(=O)CCNC(=O)C(C)(C)C)CC1. The Morgan fingerprint density at radius 2 is 1.67 bits per heavy atom. The lowest BCUT2D eigenvalue weighted by Gasteiger charge is -2.35. The molecule has 1 saturated heterocycles. The highest BCUT2D eigenvalue weighted by Crippen LogP contribution is 2.12. The number of rotatable bonds is 5. The molecule has 0 aromatic carbocycles. The molecule has 2 amide bonds. The summed E-state index contributed by atoms with van der Waals surface area (Å²) in [6, 6.07) is 0. The van der Waals surface area contributed by atoms with Crippen molar-refractivity contribution in [3.05, 3.63) is 0 Å². The van der Waals surface area contributed by atoms with Gasteiger partial charge in [-0.1, -0.05) is 34.6 Å². The Kier molecular flexibility index (Phi) is 6.65. The van der Waals surface area contributed by atoms with Crippen molar-refractivity contribution in [2.45, 2.75) is 41.0 Å². The summed E-state index contributed by atoms with van der Waals surface area (Å²) < 4.78 is 0. The summed E-state index contributed by atoms with van der Waals surface area (Å²) >= 11 is 0. The topological polar surface area (TPSA) is 52.6 Å². The van der Waals surface area contributed by atoms with Crippen LogP contribution >= 0.6 is 0 Å². The second-order valence-corrected chi connectivity index (χ2v) is 7.33. The Morgan fingerprint density at radius 3 is 2.14 bits per heavy atom. The number of piperazine rings is 1. The van der Waals surface area contributed by atoms with Gasteiger partial charge in [0.05, 0.1) is 0 Å². The zero-order chi connectivity index (χ0) is 16.0. The smallest absolute Gasteiger partial charge is 0.225 e. The van der Waals surface area contributed by atoms with Gasteiger partial charge in [0.15, 0.2) is 0 Å². The van der Waals surface area contributed by atoms with Crippen LogP contribution < -0.4 is 5.32 Å². The predicted molar refractivity (Wildman–Crippen MR) is 84.9 cm³/mol. The Morgan fingerprint density at radius 1 is 1.10 bits per heavy atom. The van der Waals surface area contributed by atoms with E-state index in [1.165, 1.54) is 0 Å². The Bertz CT molecular complexity index is 353. The molecule has 0 bridgehead atoms. The summed E-state index contributed by atoms with van der Waals surface area (Å²) in [4.78, 5) is 28.2. The van der Waals surface area contributed by atoms with E-state index in [0.717, 1.165) is 32.7 Å². The van der Waals surface area contributed by atoms with Crippen molar-refractivity contribution in [2.75, 3.05) is 39.3 Å². The molecule has 0 aromatic heterocycles. The quantitative estimate of drug-likeness (QED) is 0.833. The highest BCUT2D eigenvalue weighted by atomic mass is 16.2. The van der Waals surface area contributed by atoms with Crippen LogP contribution in [0.15, 0.2) is 0 Å². The standard InChI is InChI=1S/C16H31N3O2/c1-13(2)12-18-8-10-19(11-9-18)14(20)6-7-17-15(21)16(3,4)5/h13H,6-12H2,1-5H3,(H,17,21). The molecule has 1 heterocycles. The summed E-state index contributed by atoms with van der Waals surface area (Å²) in [6.45, 7) is 15.1. The number of carbonyl (C=O) groups is 2. The molecule has 1 aliphatic heterocycles. The maximum Gasteiger partial charge on any atom is 0.225 e. The number of nitrogens with zero attached hydrogens (tertiary/aromatic N) is 2. The van der Waals surface area contributed by atoms with Gasteiger partial charge in [-0.3, -0.25) is 14.5 Å². The van der Waals surface area contributed by atoms with Crippen LogP contribution in [0.2, 0.25) is 0 Å². The van der Waals surface area contributed by atoms with Gasteiger partial charge in [-0.15, -0.1) is 0 Å². The van der Waals surface area contributed by atoms with Crippen LogP contribution in [-0.4, -0.2) is 60.9 Å². The molecule has 5 heteroatoms. The first kappa shape index (κ1) is 18.0. The minimum Gasteiger partial charge on any atom is -0.355 e. The van der Waals surface area contributed by atoms with Gasteiger partial charge in [-0.2, -0.15) is 0 Å². The van der Waals surface area contributed by atoms with Gasteiger partial charge in [0.25, 0.3) is 0 Å². The molecule has 0 saturated carbocycles. The number of nitrogens with one attached hydrogen (secondary N) is 1. The van der Waals surface area contributed by atoms with Crippen LogP contribution in [0, 0.1) is 11.3 Å². The second-order valence-electron chi connectivity index (χ2n) is 7.33. The average molecular weight is 297 g/mol. The van der Waals surface area contributed by atoms with Gasteiger partial charge in [0, 0.05) is 51.1 Å². The van der Waals surface area contributed by atoms with Gasteiger partial charge in [0.1, 0.15) is 0 Å². The molecule has 0 aromatic rings. The van der Waals surface area contributed by atoms with E-state index < -0.39 is 5.41 Å². The zero-order valence-corrected chi connectivity index (χ0v) is 14.2. The minimum absolute atomic E-state index is 0.00273. The van der Waals surface area contributed by atoms with Crippen molar-refractivity contribution in [2.24, 2.45) is 11.3 Å². The van der Waals surface area contributed by atoms with Crippen LogP contribution in [0.4, 0.5) is 0 Å². The predicted octanol–water partition coefficient (Wildman–Crippen LogP) is 1.34. The maximum atomic E-state index is 12.1. The fourth-order valence-electron chi connectivity index (χ4n) is 2.40. The molecule has 5 nitrogen and oxygen atoms in total. The Labute approximate surface area is 129 Å². The average Bonchev–Trinajstić information content (AvgIpc) is 2.37. The molecular formula is C16H31N3O2. The molecule has 122 valence electrons. The second kappa shape index (κ2) is 7.78. The summed E-state index contributed by atoms with van der Waals surface area (Å²) in [7, 11) is 0. The lowest BCUT2D eigenvalue weighted by Crippen LogP contribution is -2.50. The molecule has 1 N–H and O–H groups in total. The van der Waals surface area contributed by atoms with Crippen LogP contribution in [-0.2, 0) is 9.59 Å². The number of carbonyl (C=O) groups excluding carboxylic acids is 2. The normalized spacial score (nSPS) is 17.1. The first-order valence-electron chi connectivity index (χ1n) is 7.98. The maximum absolute atomic E-state index is 12.1. The van der Waals surface area contributed by atoms with Crippen molar-refractivity contribution < 1.29 is 9.59 Å². The number of hydrogen-bond donors (Lipinski definition) is 1. The Hall–Kier alpha value is -1.10. The van der Waals surface area contributed by atoms with Gasteiger partial charge in [-0.05, 0) is 5.92 Å².